The molecule has 1 atom stereocenters. The van der Waals surface area contributed by atoms with Gasteiger partial charge >= 0.3 is 5.97 Å². The van der Waals surface area contributed by atoms with Crippen molar-refractivity contribution in [2.45, 2.75) is 77.7 Å². The van der Waals surface area contributed by atoms with Gasteiger partial charge in [0.15, 0.2) is 6.10 Å². The minimum absolute atomic E-state index is 0.196. The van der Waals surface area contributed by atoms with Gasteiger partial charge in [0, 0.05) is 5.33 Å². The quantitative estimate of drug-likeness (QED) is 0.166. The van der Waals surface area contributed by atoms with Crippen LogP contribution in [0.4, 0.5) is 0 Å². The molecule has 0 aliphatic rings. The Morgan fingerprint density at radius 1 is 1.05 bits per heavy atom. The Morgan fingerprint density at radius 2 is 1.82 bits per heavy atom. The number of carbonyl (C=O) groups excluding carboxylic acids is 1. The van der Waals surface area contributed by atoms with Crippen molar-refractivity contribution >= 4 is 21.9 Å². The van der Waals surface area contributed by atoms with Crippen LogP contribution in [0, 0.1) is 0 Å². The van der Waals surface area contributed by atoms with E-state index in [0.717, 1.165) is 50.3 Å². The SMILES string of the molecule is CCC/C=C/COC(CCCC)C(=O)OCCCCCCBr. The molecular formula is C18H33BrO3. The van der Waals surface area contributed by atoms with Gasteiger partial charge < -0.3 is 9.47 Å². The molecule has 0 aromatic carbocycles. The van der Waals surface area contributed by atoms with E-state index < -0.39 is 6.10 Å². The first-order valence-corrected chi connectivity index (χ1v) is 9.87. The van der Waals surface area contributed by atoms with Gasteiger partial charge in [-0.2, -0.15) is 0 Å². The van der Waals surface area contributed by atoms with Gasteiger partial charge in [-0.1, -0.05) is 74.0 Å². The third kappa shape index (κ3) is 13.3. The summed E-state index contributed by atoms with van der Waals surface area (Å²) in [6.45, 7) is 5.27. The van der Waals surface area contributed by atoms with E-state index in [2.05, 4.69) is 35.9 Å². The van der Waals surface area contributed by atoms with Gasteiger partial charge in [0.2, 0.25) is 0 Å². The summed E-state index contributed by atoms with van der Waals surface area (Å²) in [6.07, 6.45) is 13.1. The molecule has 0 amide bonds. The van der Waals surface area contributed by atoms with Crippen LogP contribution in [-0.4, -0.2) is 30.6 Å². The molecule has 3 nitrogen and oxygen atoms in total. The molecule has 4 heteroatoms. The Balaban J connectivity index is 3.94. The maximum atomic E-state index is 12.1. The summed E-state index contributed by atoms with van der Waals surface area (Å²) in [5.74, 6) is -0.196. The van der Waals surface area contributed by atoms with Crippen LogP contribution in [0.5, 0.6) is 0 Å². The Bertz CT molecular complexity index is 280. The minimum Gasteiger partial charge on any atom is -0.464 e. The van der Waals surface area contributed by atoms with E-state index in [9.17, 15) is 4.79 Å². The van der Waals surface area contributed by atoms with E-state index in [1.807, 2.05) is 6.08 Å². The second-order valence-electron chi connectivity index (χ2n) is 5.49. The summed E-state index contributed by atoms with van der Waals surface area (Å²) >= 11 is 3.42. The van der Waals surface area contributed by atoms with E-state index in [0.29, 0.717) is 13.2 Å². The molecule has 0 fully saturated rings. The summed E-state index contributed by atoms with van der Waals surface area (Å²) in [5, 5.41) is 1.05. The number of carbonyl (C=O) groups is 1. The molecule has 0 aromatic rings. The molecule has 0 bridgehead atoms. The lowest BCUT2D eigenvalue weighted by Crippen LogP contribution is -2.27. The smallest absolute Gasteiger partial charge is 0.335 e. The lowest BCUT2D eigenvalue weighted by atomic mass is 10.1. The standard InChI is InChI=1S/C18H33BrO3/c1-3-5-7-11-15-21-17(13-6-4-2)18(20)22-16-12-9-8-10-14-19/h7,11,17H,3-6,8-10,12-16H2,1-2H3/b11-7+. The van der Waals surface area contributed by atoms with Crippen molar-refractivity contribution in [3.05, 3.63) is 12.2 Å². The maximum absolute atomic E-state index is 12.1. The van der Waals surface area contributed by atoms with Crippen LogP contribution in [0.1, 0.15) is 71.6 Å². The molecule has 0 saturated carbocycles. The molecule has 0 aromatic heterocycles. The lowest BCUT2D eigenvalue weighted by Gasteiger charge is -2.15. The van der Waals surface area contributed by atoms with Crippen LogP contribution in [0.2, 0.25) is 0 Å². The number of esters is 1. The topological polar surface area (TPSA) is 35.5 Å². The molecule has 1 unspecified atom stereocenters. The number of allylic oxidation sites excluding steroid dienone is 1. The molecule has 0 spiro atoms. The first-order valence-electron chi connectivity index (χ1n) is 8.75. The van der Waals surface area contributed by atoms with Crippen LogP contribution in [0.3, 0.4) is 0 Å². The first kappa shape index (κ1) is 21.6. The summed E-state index contributed by atoms with van der Waals surface area (Å²) in [7, 11) is 0. The third-order valence-electron chi connectivity index (χ3n) is 3.37. The van der Waals surface area contributed by atoms with Crippen LogP contribution in [0.15, 0.2) is 12.2 Å². The van der Waals surface area contributed by atoms with Crippen molar-refractivity contribution in [3.8, 4) is 0 Å². The monoisotopic (exact) mass is 376 g/mol. The summed E-state index contributed by atoms with van der Waals surface area (Å²) < 4.78 is 11.0. The molecule has 130 valence electrons. The number of rotatable bonds is 15. The van der Waals surface area contributed by atoms with E-state index in [4.69, 9.17) is 9.47 Å². The summed E-state index contributed by atoms with van der Waals surface area (Å²) in [6, 6.07) is 0. The van der Waals surface area contributed by atoms with Gasteiger partial charge in [0.1, 0.15) is 0 Å². The molecule has 0 rings (SSSR count). The molecule has 0 saturated heterocycles. The van der Waals surface area contributed by atoms with E-state index >= 15 is 0 Å². The van der Waals surface area contributed by atoms with E-state index in [-0.39, 0.29) is 5.97 Å². The van der Waals surface area contributed by atoms with Crippen molar-refractivity contribution in [2.75, 3.05) is 18.5 Å². The van der Waals surface area contributed by atoms with Crippen LogP contribution in [-0.2, 0) is 14.3 Å². The predicted molar refractivity (Wildman–Crippen MR) is 96.5 cm³/mol. The molecule has 0 N–H and O–H groups in total. The lowest BCUT2D eigenvalue weighted by molar-refractivity contribution is -0.157. The average molecular weight is 377 g/mol. The van der Waals surface area contributed by atoms with E-state index in [1.54, 1.807) is 0 Å². The molecule has 0 radical (unpaired) electrons. The second kappa shape index (κ2) is 17.0. The Hall–Kier alpha value is -0.350. The minimum atomic E-state index is -0.409. The molecule has 0 heterocycles. The highest BCUT2D eigenvalue weighted by Gasteiger charge is 2.19. The van der Waals surface area contributed by atoms with Gasteiger partial charge in [-0.25, -0.2) is 4.79 Å². The average Bonchev–Trinajstić information content (AvgIpc) is 2.53. The highest BCUT2D eigenvalue weighted by atomic mass is 79.9. The zero-order valence-corrected chi connectivity index (χ0v) is 15.9. The van der Waals surface area contributed by atoms with Gasteiger partial charge in [-0.05, 0) is 25.7 Å². The van der Waals surface area contributed by atoms with Crippen molar-refractivity contribution in [2.24, 2.45) is 0 Å². The Morgan fingerprint density at radius 3 is 2.50 bits per heavy atom. The van der Waals surface area contributed by atoms with Crippen molar-refractivity contribution in [3.63, 3.8) is 0 Å². The summed E-state index contributed by atoms with van der Waals surface area (Å²) in [5.41, 5.74) is 0. The van der Waals surface area contributed by atoms with Gasteiger partial charge in [-0.15, -0.1) is 0 Å². The van der Waals surface area contributed by atoms with Gasteiger partial charge in [0.25, 0.3) is 0 Å². The summed E-state index contributed by atoms with van der Waals surface area (Å²) in [4.78, 5) is 12.1. The van der Waals surface area contributed by atoms with Crippen molar-refractivity contribution in [1.29, 1.82) is 0 Å². The fraction of sp³-hybridized carbons (Fsp3) is 0.833. The van der Waals surface area contributed by atoms with Crippen LogP contribution >= 0.6 is 15.9 Å². The Labute approximate surface area is 145 Å². The number of hydrogen-bond acceptors (Lipinski definition) is 3. The third-order valence-corrected chi connectivity index (χ3v) is 3.93. The normalized spacial score (nSPS) is 12.7. The highest BCUT2D eigenvalue weighted by molar-refractivity contribution is 9.09. The van der Waals surface area contributed by atoms with Crippen molar-refractivity contribution in [1.82, 2.24) is 0 Å². The Kier molecular flexibility index (Phi) is 16.7. The number of unbranched alkanes of at least 4 members (excludes halogenated alkanes) is 5. The van der Waals surface area contributed by atoms with Gasteiger partial charge in [-0.3, -0.25) is 0 Å². The fourth-order valence-corrected chi connectivity index (χ4v) is 2.40. The number of ether oxygens (including phenoxy) is 2. The maximum Gasteiger partial charge on any atom is 0.335 e. The number of halogens is 1. The van der Waals surface area contributed by atoms with E-state index in [1.165, 1.54) is 12.8 Å². The fourth-order valence-electron chi connectivity index (χ4n) is 2.00. The predicted octanol–water partition coefficient (Wildman–Crippen LogP) is 5.42. The first-order chi connectivity index (χ1) is 10.8. The molecule has 22 heavy (non-hydrogen) atoms. The van der Waals surface area contributed by atoms with Crippen LogP contribution in [0.25, 0.3) is 0 Å². The number of hydrogen-bond donors (Lipinski definition) is 0. The largest absolute Gasteiger partial charge is 0.464 e. The zero-order valence-electron chi connectivity index (χ0n) is 14.3. The molecular weight excluding hydrogens is 344 g/mol. The van der Waals surface area contributed by atoms with Crippen LogP contribution < -0.4 is 0 Å². The highest BCUT2D eigenvalue weighted by Crippen LogP contribution is 2.09. The van der Waals surface area contributed by atoms with Crippen molar-refractivity contribution < 1.29 is 14.3 Å². The number of alkyl halides is 1. The van der Waals surface area contributed by atoms with Gasteiger partial charge in [0.05, 0.1) is 13.2 Å². The second-order valence-corrected chi connectivity index (χ2v) is 6.29. The zero-order chi connectivity index (χ0) is 16.5. The molecule has 0 aliphatic carbocycles. The molecule has 0 aliphatic heterocycles.